The number of aryl methyl sites for hydroxylation is 2. The number of hydrogen-bond donors (Lipinski definition) is 3. The van der Waals surface area contributed by atoms with Gasteiger partial charge >= 0.3 is 5.69 Å². The highest BCUT2D eigenvalue weighted by molar-refractivity contribution is 8.00. The molecule has 0 saturated heterocycles. The number of hydrogen-bond acceptors (Lipinski definition) is 6. The van der Waals surface area contributed by atoms with Crippen LogP contribution in [0.3, 0.4) is 0 Å². The lowest BCUT2D eigenvalue weighted by molar-refractivity contribution is -0.115. The Morgan fingerprint density at radius 2 is 1.93 bits per heavy atom. The zero-order valence-corrected chi connectivity index (χ0v) is 16.6. The molecule has 10 heteroatoms. The molecule has 0 fully saturated rings. The standard InChI is InChI=1S/C18H19N7O2S/c1-8-9(2)19-16-23-18(24-25(16)10(8)3)28-11(4)15(26)20-12-5-6-13-14(7-12)22-17(27)21-13/h5-7,11H,1-4H3,(H,20,26)(H2,21,22,27). The highest BCUT2D eigenvalue weighted by Crippen LogP contribution is 2.23. The maximum atomic E-state index is 12.6. The third kappa shape index (κ3) is 3.26. The fourth-order valence-corrected chi connectivity index (χ4v) is 3.60. The van der Waals surface area contributed by atoms with E-state index in [1.54, 1.807) is 29.6 Å². The molecule has 0 aliphatic heterocycles. The topological polar surface area (TPSA) is 121 Å². The summed E-state index contributed by atoms with van der Waals surface area (Å²) in [6.45, 7) is 7.70. The van der Waals surface area contributed by atoms with Crippen molar-refractivity contribution in [1.29, 1.82) is 0 Å². The van der Waals surface area contributed by atoms with E-state index in [-0.39, 0.29) is 11.6 Å². The second-order valence-electron chi connectivity index (χ2n) is 6.60. The van der Waals surface area contributed by atoms with E-state index in [9.17, 15) is 9.59 Å². The van der Waals surface area contributed by atoms with E-state index in [0.29, 0.717) is 27.7 Å². The predicted octanol–water partition coefficient (Wildman–Crippen LogP) is 2.34. The summed E-state index contributed by atoms with van der Waals surface area (Å²) in [4.78, 5) is 38.1. The Bertz CT molecular complexity index is 1270. The number of aromatic amines is 2. The largest absolute Gasteiger partial charge is 0.325 e. The number of aromatic nitrogens is 6. The summed E-state index contributed by atoms with van der Waals surface area (Å²) in [5.74, 6) is 0.343. The molecule has 3 aromatic heterocycles. The van der Waals surface area contributed by atoms with E-state index in [0.717, 1.165) is 17.0 Å². The van der Waals surface area contributed by atoms with E-state index >= 15 is 0 Å². The molecule has 1 atom stereocenters. The van der Waals surface area contributed by atoms with Gasteiger partial charge in [-0.15, -0.1) is 5.10 Å². The second-order valence-corrected chi connectivity index (χ2v) is 7.91. The minimum atomic E-state index is -0.416. The van der Waals surface area contributed by atoms with Crippen molar-refractivity contribution >= 4 is 40.2 Å². The van der Waals surface area contributed by atoms with Crippen molar-refractivity contribution in [2.45, 2.75) is 38.1 Å². The molecule has 0 aliphatic carbocycles. The molecule has 1 amide bonds. The molecule has 0 saturated carbocycles. The summed E-state index contributed by atoms with van der Waals surface area (Å²) in [6, 6.07) is 5.19. The van der Waals surface area contributed by atoms with Crippen LogP contribution in [0.15, 0.2) is 28.2 Å². The van der Waals surface area contributed by atoms with Crippen molar-refractivity contribution in [2.75, 3.05) is 5.32 Å². The van der Waals surface area contributed by atoms with Crippen LogP contribution >= 0.6 is 11.8 Å². The molecule has 0 spiro atoms. The lowest BCUT2D eigenvalue weighted by atomic mass is 10.2. The van der Waals surface area contributed by atoms with Gasteiger partial charge in [-0.1, -0.05) is 11.8 Å². The molecule has 28 heavy (non-hydrogen) atoms. The Balaban J connectivity index is 1.51. The van der Waals surface area contributed by atoms with Crippen molar-refractivity contribution in [3.63, 3.8) is 0 Å². The molecule has 3 N–H and O–H groups in total. The van der Waals surface area contributed by atoms with Crippen LogP contribution in [0.1, 0.15) is 23.9 Å². The number of carbonyl (C=O) groups excluding carboxylic acids is 1. The van der Waals surface area contributed by atoms with Gasteiger partial charge in [-0.25, -0.2) is 14.3 Å². The molecule has 144 valence electrons. The SMILES string of the molecule is Cc1nc2nc(SC(C)C(=O)Nc3ccc4[nH]c(=O)[nH]c4c3)nn2c(C)c1C. The summed E-state index contributed by atoms with van der Waals surface area (Å²) in [7, 11) is 0. The zero-order chi connectivity index (χ0) is 20.0. The number of benzene rings is 1. The fourth-order valence-electron chi connectivity index (χ4n) is 2.85. The number of amides is 1. The average molecular weight is 397 g/mol. The molecule has 1 aromatic carbocycles. The quantitative estimate of drug-likeness (QED) is 0.455. The van der Waals surface area contributed by atoms with E-state index in [2.05, 4.69) is 30.4 Å². The fraction of sp³-hybridized carbons (Fsp3) is 0.278. The van der Waals surface area contributed by atoms with Gasteiger partial charge < -0.3 is 15.3 Å². The first kappa shape index (κ1) is 18.2. The van der Waals surface area contributed by atoms with Gasteiger partial charge in [0.25, 0.3) is 5.78 Å². The van der Waals surface area contributed by atoms with Gasteiger partial charge in [-0.3, -0.25) is 4.79 Å². The number of carbonyl (C=O) groups is 1. The van der Waals surface area contributed by atoms with Crippen LogP contribution in [-0.2, 0) is 4.79 Å². The lowest BCUT2D eigenvalue weighted by Crippen LogP contribution is -2.22. The number of nitrogens with zero attached hydrogens (tertiary/aromatic N) is 4. The molecule has 9 nitrogen and oxygen atoms in total. The summed E-state index contributed by atoms with van der Waals surface area (Å²) >= 11 is 1.27. The number of anilines is 1. The second kappa shape index (κ2) is 6.79. The highest BCUT2D eigenvalue weighted by atomic mass is 32.2. The van der Waals surface area contributed by atoms with Crippen LogP contribution in [0, 0.1) is 20.8 Å². The third-order valence-corrected chi connectivity index (χ3v) is 5.63. The molecular formula is C18H19N7O2S. The number of imidazole rings is 1. The first-order valence-corrected chi connectivity index (χ1v) is 9.60. The van der Waals surface area contributed by atoms with Gasteiger partial charge in [0.05, 0.1) is 16.3 Å². The van der Waals surface area contributed by atoms with Crippen LogP contribution < -0.4 is 11.0 Å². The first-order chi connectivity index (χ1) is 13.3. The lowest BCUT2D eigenvalue weighted by Gasteiger charge is -2.10. The molecule has 4 rings (SSSR count). The van der Waals surface area contributed by atoms with Crippen molar-refractivity contribution < 1.29 is 4.79 Å². The number of rotatable bonds is 4. The van der Waals surface area contributed by atoms with Crippen molar-refractivity contribution in [3.05, 3.63) is 45.6 Å². The normalized spacial score (nSPS) is 12.6. The van der Waals surface area contributed by atoms with Crippen LogP contribution in [0.5, 0.6) is 0 Å². The van der Waals surface area contributed by atoms with Gasteiger partial charge in [0.2, 0.25) is 11.1 Å². The van der Waals surface area contributed by atoms with Crippen molar-refractivity contribution in [3.8, 4) is 0 Å². The molecule has 0 radical (unpaired) electrons. The predicted molar refractivity (Wildman–Crippen MR) is 108 cm³/mol. The van der Waals surface area contributed by atoms with Gasteiger partial charge in [0.15, 0.2) is 0 Å². The maximum absolute atomic E-state index is 12.6. The molecule has 0 aliphatic rings. The Morgan fingerprint density at radius 1 is 1.18 bits per heavy atom. The van der Waals surface area contributed by atoms with Gasteiger partial charge in [-0.05, 0) is 51.5 Å². The monoisotopic (exact) mass is 397 g/mol. The number of fused-ring (bicyclic) bond motifs is 2. The van der Waals surface area contributed by atoms with Crippen LogP contribution in [0.2, 0.25) is 0 Å². The first-order valence-electron chi connectivity index (χ1n) is 8.72. The van der Waals surface area contributed by atoms with Crippen LogP contribution in [-0.4, -0.2) is 40.7 Å². The van der Waals surface area contributed by atoms with Crippen molar-refractivity contribution in [1.82, 2.24) is 29.5 Å². The van der Waals surface area contributed by atoms with Crippen LogP contribution in [0.25, 0.3) is 16.8 Å². The third-order valence-electron chi connectivity index (χ3n) is 4.68. The van der Waals surface area contributed by atoms with Gasteiger partial charge in [0, 0.05) is 17.1 Å². The minimum absolute atomic E-state index is 0.182. The molecule has 0 bridgehead atoms. The van der Waals surface area contributed by atoms with E-state index in [4.69, 9.17) is 0 Å². The maximum Gasteiger partial charge on any atom is 0.323 e. The summed E-state index contributed by atoms with van der Waals surface area (Å²) in [5.41, 5.74) is 4.61. The summed E-state index contributed by atoms with van der Waals surface area (Å²) < 4.78 is 1.70. The van der Waals surface area contributed by atoms with Crippen molar-refractivity contribution in [2.24, 2.45) is 0 Å². The van der Waals surface area contributed by atoms with Gasteiger partial charge in [-0.2, -0.15) is 4.98 Å². The number of H-pyrrole nitrogens is 2. The molecule has 3 heterocycles. The zero-order valence-electron chi connectivity index (χ0n) is 15.8. The smallest absolute Gasteiger partial charge is 0.323 e. The average Bonchev–Trinajstić information content (AvgIpc) is 3.21. The summed E-state index contributed by atoms with van der Waals surface area (Å²) in [6.07, 6.45) is 0. The van der Waals surface area contributed by atoms with E-state index < -0.39 is 5.25 Å². The number of thioether (sulfide) groups is 1. The Labute approximate surface area is 164 Å². The Morgan fingerprint density at radius 3 is 2.71 bits per heavy atom. The highest BCUT2D eigenvalue weighted by Gasteiger charge is 2.19. The molecular weight excluding hydrogens is 378 g/mol. The van der Waals surface area contributed by atoms with Crippen LogP contribution in [0.4, 0.5) is 5.69 Å². The Hall–Kier alpha value is -3.14. The van der Waals surface area contributed by atoms with Gasteiger partial charge in [0.1, 0.15) is 0 Å². The van der Waals surface area contributed by atoms with E-state index in [1.165, 1.54) is 11.8 Å². The molecule has 4 aromatic rings. The Kier molecular flexibility index (Phi) is 4.42. The number of nitrogens with one attached hydrogen (secondary N) is 3. The van der Waals surface area contributed by atoms with E-state index in [1.807, 2.05) is 20.8 Å². The summed E-state index contributed by atoms with van der Waals surface area (Å²) in [5, 5.41) is 7.40. The molecule has 1 unspecified atom stereocenters. The minimum Gasteiger partial charge on any atom is -0.325 e.